The van der Waals surface area contributed by atoms with Crippen molar-refractivity contribution in [2.24, 2.45) is 0 Å². The molecule has 2 nitrogen and oxygen atoms in total. The maximum atomic E-state index is 8.65. The zero-order valence-corrected chi connectivity index (χ0v) is 8.30. The van der Waals surface area contributed by atoms with Crippen molar-refractivity contribution in [2.75, 3.05) is 13.0 Å². The fourth-order valence-corrected chi connectivity index (χ4v) is 1.64. The molecule has 0 bridgehead atoms. The van der Waals surface area contributed by atoms with Crippen molar-refractivity contribution < 1.29 is 4.74 Å². The van der Waals surface area contributed by atoms with Crippen LogP contribution in [0, 0.1) is 11.3 Å². The fraction of sp³-hybridized carbons (Fsp3) is 0.300. The Balaban J connectivity index is 2.52. The van der Waals surface area contributed by atoms with E-state index in [9.17, 15) is 0 Å². The number of hydrogen-bond acceptors (Lipinski definition) is 3. The summed E-state index contributed by atoms with van der Waals surface area (Å²) >= 11 is 1.69. The number of benzene rings is 1. The largest absolute Gasteiger partial charge is 0.374 e. The van der Waals surface area contributed by atoms with Gasteiger partial charge in [0.1, 0.15) is 0 Å². The smallest absolute Gasteiger partial charge is 0.0991 e. The molecule has 0 spiro atoms. The first-order valence-electron chi connectivity index (χ1n) is 3.92. The second-order valence-electron chi connectivity index (χ2n) is 2.57. The molecule has 1 aromatic carbocycles. The van der Waals surface area contributed by atoms with Crippen molar-refractivity contribution >= 4 is 11.8 Å². The molecule has 0 amide bonds. The van der Waals surface area contributed by atoms with Crippen LogP contribution < -0.4 is 0 Å². The van der Waals surface area contributed by atoms with Gasteiger partial charge >= 0.3 is 0 Å². The van der Waals surface area contributed by atoms with Crippen LogP contribution in [0.5, 0.6) is 0 Å². The van der Waals surface area contributed by atoms with Crippen molar-refractivity contribution in [3.8, 4) is 6.07 Å². The molecule has 0 N–H and O–H groups in total. The Labute approximate surface area is 82.5 Å². The molecule has 1 rings (SSSR count). The van der Waals surface area contributed by atoms with Crippen LogP contribution in [0.25, 0.3) is 0 Å². The molecule has 0 aliphatic heterocycles. The minimum atomic E-state index is 0.691. The molecule has 0 atom stereocenters. The van der Waals surface area contributed by atoms with Crippen LogP contribution in [0.2, 0.25) is 0 Å². The molecule has 1 aromatic rings. The summed E-state index contributed by atoms with van der Waals surface area (Å²) in [6, 6.07) is 9.75. The molecule has 0 saturated heterocycles. The Morgan fingerprint density at radius 2 is 2.38 bits per heavy atom. The summed E-state index contributed by atoms with van der Waals surface area (Å²) < 4.78 is 4.92. The van der Waals surface area contributed by atoms with E-state index in [2.05, 4.69) is 6.07 Å². The summed E-state index contributed by atoms with van der Waals surface area (Å²) in [5.74, 6) is 1.58. The van der Waals surface area contributed by atoms with Gasteiger partial charge in [0.2, 0.25) is 0 Å². The first-order chi connectivity index (χ1) is 6.36. The summed E-state index contributed by atoms with van der Waals surface area (Å²) in [7, 11) is 1.68. The van der Waals surface area contributed by atoms with Crippen molar-refractivity contribution in [3.05, 3.63) is 35.4 Å². The highest BCUT2D eigenvalue weighted by atomic mass is 32.2. The molecule has 3 heteroatoms. The molecule has 0 unspecified atom stereocenters. The van der Waals surface area contributed by atoms with Gasteiger partial charge in [-0.05, 0) is 17.7 Å². The number of hydrogen-bond donors (Lipinski definition) is 0. The quantitative estimate of drug-likeness (QED) is 0.543. The maximum absolute atomic E-state index is 8.65. The zero-order valence-electron chi connectivity index (χ0n) is 7.49. The highest BCUT2D eigenvalue weighted by Gasteiger charge is 1.94. The average molecular weight is 193 g/mol. The van der Waals surface area contributed by atoms with Gasteiger partial charge in [-0.3, -0.25) is 0 Å². The summed E-state index contributed by atoms with van der Waals surface area (Å²) in [6.45, 7) is 0. The molecule has 0 fully saturated rings. The van der Waals surface area contributed by atoms with E-state index in [1.165, 1.54) is 5.56 Å². The lowest BCUT2D eigenvalue weighted by Gasteiger charge is -2.00. The normalized spacial score (nSPS) is 9.54. The van der Waals surface area contributed by atoms with Gasteiger partial charge in [0.05, 0.1) is 17.6 Å². The Morgan fingerprint density at radius 3 is 3.08 bits per heavy atom. The van der Waals surface area contributed by atoms with Crippen molar-refractivity contribution in [2.45, 2.75) is 5.75 Å². The van der Waals surface area contributed by atoms with Crippen LogP contribution in [-0.4, -0.2) is 13.0 Å². The SMILES string of the molecule is COCSCc1cccc(C#N)c1. The van der Waals surface area contributed by atoms with Crippen LogP contribution >= 0.6 is 11.8 Å². The molecule has 0 aliphatic carbocycles. The molecular formula is C10H11NOS. The predicted molar refractivity (Wildman–Crippen MR) is 54.3 cm³/mol. The Kier molecular flexibility index (Phi) is 4.37. The van der Waals surface area contributed by atoms with E-state index in [-0.39, 0.29) is 0 Å². The van der Waals surface area contributed by atoms with E-state index in [4.69, 9.17) is 10.00 Å². The van der Waals surface area contributed by atoms with E-state index in [0.29, 0.717) is 5.94 Å². The van der Waals surface area contributed by atoms with Gasteiger partial charge in [0, 0.05) is 12.9 Å². The lowest BCUT2D eigenvalue weighted by Crippen LogP contribution is -1.85. The van der Waals surface area contributed by atoms with Gasteiger partial charge < -0.3 is 4.74 Å². The van der Waals surface area contributed by atoms with Crippen LogP contribution in [0.1, 0.15) is 11.1 Å². The highest BCUT2D eigenvalue weighted by Crippen LogP contribution is 2.12. The second-order valence-corrected chi connectivity index (χ2v) is 3.50. The number of ether oxygens (including phenoxy) is 1. The number of nitrogens with zero attached hydrogens (tertiary/aromatic N) is 1. The molecule has 0 heterocycles. The van der Waals surface area contributed by atoms with Crippen LogP contribution in [0.3, 0.4) is 0 Å². The van der Waals surface area contributed by atoms with Crippen LogP contribution in [0.15, 0.2) is 24.3 Å². The van der Waals surface area contributed by atoms with Gasteiger partial charge in [-0.25, -0.2) is 0 Å². The number of rotatable bonds is 4. The van der Waals surface area contributed by atoms with E-state index in [1.54, 1.807) is 18.9 Å². The minimum absolute atomic E-state index is 0.691. The van der Waals surface area contributed by atoms with Crippen LogP contribution in [-0.2, 0) is 10.5 Å². The first-order valence-corrected chi connectivity index (χ1v) is 5.08. The fourth-order valence-electron chi connectivity index (χ4n) is 0.974. The van der Waals surface area contributed by atoms with Gasteiger partial charge in [-0.15, -0.1) is 11.8 Å². The molecule has 0 radical (unpaired) electrons. The van der Waals surface area contributed by atoms with E-state index >= 15 is 0 Å². The molecule has 0 saturated carbocycles. The lowest BCUT2D eigenvalue weighted by molar-refractivity contribution is 0.259. The van der Waals surface area contributed by atoms with Gasteiger partial charge in [-0.1, -0.05) is 12.1 Å². The molecule has 0 aromatic heterocycles. The molecular weight excluding hydrogens is 182 g/mol. The van der Waals surface area contributed by atoms with Crippen molar-refractivity contribution in [1.29, 1.82) is 5.26 Å². The zero-order chi connectivity index (χ0) is 9.52. The third kappa shape index (κ3) is 3.49. The molecule has 13 heavy (non-hydrogen) atoms. The summed E-state index contributed by atoms with van der Waals surface area (Å²) in [6.07, 6.45) is 0. The number of nitriles is 1. The van der Waals surface area contributed by atoms with Gasteiger partial charge in [0.15, 0.2) is 0 Å². The molecule has 0 aliphatic rings. The Bertz CT molecular complexity index is 306. The van der Waals surface area contributed by atoms with Gasteiger partial charge in [0.25, 0.3) is 0 Å². The number of thioether (sulfide) groups is 1. The topological polar surface area (TPSA) is 33.0 Å². The minimum Gasteiger partial charge on any atom is -0.374 e. The third-order valence-corrected chi connectivity index (χ3v) is 2.47. The van der Waals surface area contributed by atoms with Crippen molar-refractivity contribution in [1.82, 2.24) is 0 Å². The standard InChI is InChI=1S/C10H11NOS/c1-12-8-13-7-10-4-2-3-9(5-10)6-11/h2-5H,7-8H2,1H3. The lowest BCUT2D eigenvalue weighted by atomic mass is 10.2. The molecule has 68 valence electrons. The van der Waals surface area contributed by atoms with E-state index < -0.39 is 0 Å². The first kappa shape index (κ1) is 10.1. The second kappa shape index (κ2) is 5.63. The third-order valence-electron chi connectivity index (χ3n) is 1.53. The highest BCUT2D eigenvalue weighted by molar-refractivity contribution is 7.98. The predicted octanol–water partition coefficient (Wildman–Crippen LogP) is 2.40. The van der Waals surface area contributed by atoms with Crippen LogP contribution in [0.4, 0.5) is 0 Å². The Hall–Kier alpha value is -0.980. The van der Waals surface area contributed by atoms with Gasteiger partial charge in [-0.2, -0.15) is 5.26 Å². The number of methoxy groups -OCH3 is 1. The van der Waals surface area contributed by atoms with Crippen molar-refractivity contribution in [3.63, 3.8) is 0 Å². The Morgan fingerprint density at radius 1 is 1.54 bits per heavy atom. The average Bonchev–Trinajstić information content (AvgIpc) is 2.19. The summed E-state index contributed by atoms with van der Waals surface area (Å²) in [5, 5.41) is 8.65. The monoisotopic (exact) mass is 193 g/mol. The van der Waals surface area contributed by atoms with E-state index in [1.807, 2.05) is 24.3 Å². The summed E-state index contributed by atoms with van der Waals surface area (Å²) in [4.78, 5) is 0. The van der Waals surface area contributed by atoms with E-state index in [0.717, 1.165) is 11.3 Å². The maximum Gasteiger partial charge on any atom is 0.0991 e. The summed E-state index contributed by atoms with van der Waals surface area (Å²) in [5.41, 5.74) is 1.89.